The normalized spacial score (nSPS) is 10.2. The van der Waals surface area contributed by atoms with E-state index in [1.165, 1.54) is 9.79 Å². The van der Waals surface area contributed by atoms with Crippen molar-refractivity contribution < 1.29 is 0 Å². The van der Waals surface area contributed by atoms with Gasteiger partial charge in [-0.25, -0.2) is 0 Å². The van der Waals surface area contributed by atoms with E-state index in [1.54, 1.807) is 22.7 Å². The van der Waals surface area contributed by atoms with E-state index in [0.717, 1.165) is 0 Å². The molecule has 0 bridgehead atoms. The van der Waals surface area contributed by atoms with Crippen molar-refractivity contribution in [3.05, 3.63) is 33.7 Å². The standard InChI is InChI=1S/C8H6S3/c1-3-9-5-7(1)11-8-2-4-10-6-8/h1-6H. The Labute approximate surface area is 77.9 Å². The highest BCUT2D eigenvalue weighted by Gasteiger charge is 1.95. The first kappa shape index (κ1) is 7.40. The summed E-state index contributed by atoms with van der Waals surface area (Å²) in [6, 6.07) is 4.29. The van der Waals surface area contributed by atoms with Crippen molar-refractivity contribution in [1.29, 1.82) is 0 Å². The molecule has 2 rings (SSSR count). The van der Waals surface area contributed by atoms with Crippen LogP contribution in [0, 0.1) is 0 Å². The average Bonchev–Trinajstić information content (AvgIpc) is 2.60. The fourth-order valence-corrected chi connectivity index (χ4v) is 3.22. The van der Waals surface area contributed by atoms with Gasteiger partial charge in [-0.1, -0.05) is 11.8 Å². The maximum absolute atomic E-state index is 2.17. The molecular weight excluding hydrogens is 192 g/mol. The van der Waals surface area contributed by atoms with Gasteiger partial charge in [-0.3, -0.25) is 0 Å². The first-order chi connectivity index (χ1) is 5.45. The molecule has 0 amide bonds. The molecule has 0 aliphatic rings. The van der Waals surface area contributed by atoms with Crippen molar-refractivity contribution in [1.82, 2.24) is 0 Å². The monoisotopic (exact) mass is 198 g/mol. The van der Waals surface area contributed by atoms with Gasteiger partial charge >= 0.3 is 0 Å². The van der Waals surface area contributed by atoms with Crippen LogP contribution in [0.15, 0.2) is 43.4 Å². The van der Waals surface area contributed by atoms with Crippen molar-refractivity contribution >= 4 is 34.4 Å². The van der Waals surface area contributed by atoms with Crippen LogP contribution in [0.3, 0.4) is 0 Å². The summed E-state index contributed by atoms with van der Waals surface area (Å²) in [5, 5.41) is 8.55. The summed E-state index contributed by atoms with van der Waals surface area (Å²) >= 11 is 5.31. The summed E-state index contributed by atoms with van der Waals surface area (Å²) in [7, 11) is 0. The smallest absolute Gasteiger partial charge is 0.0229 e. The van der Waals surface area contributed by atoms with E-state index in [1.807, 2.05) is 11.8 Å². The van der Waals surface area contributed by atoms with Gasteiger partial charge < -0.3 is 0 Å². The van der Waals surface area contributed by atoms with Gasteiger partial charge in [0.15, 0.2) is 0 Å². The van der Waals surface area contributed by atoms with Crippen LogP contribution in [0.25, 0.3) is 0 Å². The average molecular weight is 198 g/mol. The maximum Gasteiger partial charge on any atom is 0.0229 e. The van der Waals surface area contributed by atoms with Crippen LogP contribution in [0.4, 0.5) is 0 Å². The van der Waals surface area contributed by atoms with Gasteiger partial charge in [0.1, 0.15) is 0 Å². The van der Waals surface area contributed by atoms with Crippen molar-refractivity contribution in [2.45, 2.75) is 9.79 Å². The lowest BCUT2D eigenvalue weighted by Gasteiger charge is -1.90. The Bertz CT molecular complexity index is 262. The molecule has 0 spiro atoms. The molecule has 11 heavy (non-hydrogen) atoms. The lowest BCUT2D eigenvalue weighted by atomic mass is 10.7. The molecule has 2 aromatic heterocycles. The fourth-order valence-electron chi connectivity index (χ4n) is 0.756. The third-order valence-corrected chi connectivity index (χ3v) is 3.87. The Balaban J connectivity index is 2.14. The summed E-state index contributed by atoms with van der Waals surface area (Å²) in [5.74, 6) is 0. The molecule has 0 aliphatic heterocycles. The third kappa shape index (κ3) is 1.86. The first-order valence-corrected chi connectivity index (χ1v) is 5.87. The molecule has 0 nitrogen and oxygen atoms in total. The minimum Gasteiger partial charge on any atom is -0.151 e. The molecule has 0 saturated heterocycles. The van der Waals surface area contributed by atoms with E-state index >= 15 is 0 Å². The molecular formula is C8H6S3. The Morgan fingerprint density at radius 2 is 1.45 bits per heavy atom. The van der Waals surface area contributed by atoms with E-state index in [9.17, 15) is 0 Å². The molecule has 0 aliphatic carbocycles. The van der Waals surface area contributed by atoms with Crippen molar-refractivity contribution in [2.75, 3.05) is 0 Å². The second kappa shape index (κ2) is 3.43. The van der Waals surface area contributed by atoms with Crippen LogP contribution in [0.1, 0.15) is 0 Å². The minimum atomic E-state index is 1.34. The highest BCUT2D eigenvalue weighted by Crippen LogP contribution is 2.30. The zero-order chi connectivity index (χ0) is 7.52. The first-order valence-electron chi connectivity index (χ1n) is 3.17. The van der Waals surface area contributed by atoms with E-state index in [2.05, 4.69) is 33.7 Å². The summed E-state index contributed by atoms with van der Waals surface area (Å²) in [6.07, 6.45) is 0. The van der Waals surface area contributed by atoms with Gasteiger partial charge in [0.05, 0.1) is 0 Å². The lowest BCUT2D eigenvalue weighted by Crippen LogP contribution is -1.59. The van der Waals surface area contributed by atoms with Gasteiger partial charge in [-0.05, 0) is 22.9 Å². The van der Waals surface area contributed by atoms with Crippen molar-refractivity contribution in [3.8, 4) is 0 Å². The molecule has 2 heterocycles. The third-order valence-electron chi connectivity index (χ3n) is 1.23. The van der Waals surface area contributed by atoms with Crippen LogP contribution in [0.2, 0.25) is 0 Å². The van der Waals surface area contributed by atoms with Crippen molar-refractivity contribution in [2.24, 2.45) is 0 Å². The Morgan fingerprint density at radius 3 is 1.82 bits per heavy atom. The topological polar surface area (TPSA) is 0 Å². The van der Waals surface area contributed by atoms with Gasteiger partial charge in [0.25, 0.3) is 0 Å². The Kier molecular flexibility index (Phi) is 2.31. The molecule has 56 valence electrons. The number of hydrogen-bond acceptors (Lipinski definition) is 3. The molecule has 0 aromatic carbocycles. The quantitative estimate of drug-likeness (QED) is 0.704. The molecule has 3 heteroatoms. The molecule has 0 fully saturated rings. The molecule has 0 atom stereocenters. The summed E-state index contributed by atoms with van der Waals surface area (Å²) < 4.78 is 0. The summed E-state index contributed by atoms with van der Waals surface area (Å²) in [6.45, 7) is 0. The molecule has 0 radical (unpaired) electrons. The zero-order valence-electron chi connectivity index (χ0n) is 5.69. The van der Waals surface area contributed by atoms with E-state index in [4.69, 9.17) is 0 Å². The van der Waals surface area contributed by atoms with E-state index < -0.39 is 0 Å². The number of hydrogen-bond donors (Lipinski definition) is 0. The predicted octanol–water partition coefficient (Wildman–Crippen LogP) is 3.96. The van der Waals surface area contributed by atoms with Crippen LogP contribution < -0.4 is 0 Å². The SMILES string of the molecule is c1cc(Sc2ccsc2)cs1. The van der Waals surface area contributed by atoms with Gasteiger partial charge in [-0.2, -0.15) is 22.7 Å². The second-order valence-corrected chi connectivity index (χ2v) is 4.73. The summed E-state index contributed by atoms with van der Waals surface area (Å²) in [4.78, 5) is 2.68. The predicted molar refractivity (Wildman–Crippen MR) is 52.8 cm³/mol. The highest BCUT2D eigenvalue weighted by molar-refractivity contribution is 7.99. The minimum absolute atomic E-state index is 1.34. The molecule has 0 saturated carbocycles. The summed E-state index contributed by atoms with van der Waals surface area (Å²) in [5.41, 5.74) is 0. The van der Waals surface area contributed by atoms with Crippen LogP contribution >= 0.6 is 34.4 Å². The van der Waals surface area contributed by atoms with Crippen LogP contribution in [0.5, 0.6) is 0 Å². The van der Waals surface area contributed by atoms with Crippen molar-refractivity contribution in [3.63, 3.8) is 0 Å². The zero-order valence-corrected chi connectivity index (χ0v) is 8.14. The highest BCUT2D eigenvalue weighted by atomic mass is 32.2. The number of rotatable bonds is 2. The van der Waals surface area contributed by atoms with Crippen LogP contribution in [-0.2, 0) is 0 Å². The Hall–Kier alpha value is -0.250. The van der Waals surface area contributed by atoms with Crippen LogP contribution in [-0.4, -0.2) is 0 Å². The molecule has 0 N–H and O–H groups in total. The largest absolute Gasteiger partial charge is 0.151 e. The Morgan fingerprint density at radius 1 is 0.909 bits per heavy atom. The number of thiophene rings is 2. The van der Waals surface area contributed by atoms with Gasteiger partial charge in [0, 0.05) is 20.6 Å². The van der Waals surface area contributed by atoms with E-state index in [0.29, 0.717) is 0 Å². The molecule has 2 aromatic rings. The fraction of sp³-hybridized carbons (Fsp3) is 0. The van der Waals surface area contributed by atoms with E-state index in [-0.39, 0.29) is 0 Å². The van der Waals surface area contributed by atoms with Gasteiger partial charge in [-0.15, -0.1) is 0 Å². The maximum atomic E-state index is 2.17. The lowest BCUT2D eigenvalue weighted by molar-refractivity contribution is 1.52. The van der Waals surface area contributed by atoms with Gasteiger partial charge in [0.2, 0.25) is 0 Å². The second-order valence-electron chi connectivity index (χ2n) is 2.02. The molecule has 0 unspecified atom stereocenters.